The number of carbonyl (C=O) groups is 1. The summed E-state index contributed by atoms with van der Waals surface area (Å²) in [6, 6.07) is 0. The van der Waals surface area contributed by atoms with Crippen LogP contribution >= 0.6 is 0 Å². The Labute approximate surface area is 197 Å². The first kappa shape index (κ1) is 23.3. The third-order valence-electron chi connectivity index (χ3n) is 10.1. The standard InChI is InChI=1S/C28H40O5/c1-17-14-26(5)22(9-11-28(26,31)18(2)15-25(3,4)24(29)30)21-7-6-19-16-27(32-12-13-33-27)10-8-20(19)23(17)21/h6,20-23,31H,1-2,7-16H2,3-5H3,(H,29,30)/t20-,21-,22-,23+,26-,28-/m0/s1. The van der Waals surface area contributed by atoms with E-state index in [0.717, 1.165) is 38.5 Å². The minimum absolute atomic E-state index is 0.288. The Bertz CT molecular complexity index is 909. The monoisotopic (exact) mass is 456 g/mol. The van der Waals surface area contributed by atoms with E-state index in [0.29, 0.717) is 48.9 Å². The van der Waals surface area contributed by atoms with Gasteiger partial charge in [0.2, 0.25) is 0 Å². The molecule has 0 unspecified atom stereocenters. The van der Waals surface area contributed by atoms with E-state index >= 15 is 0 Å². The van der Waals surface area contributed by atoms with Crippen molar-refractivity contribution >= 4 is 5.97 Å². The van der Waals surface area contributed by atoms with Gasteiger partial charge in [0.1, 0.15) is 0 Å². The van der Waals surface area contributed by atoms with E-state index in [2.05, 4.69) is 26.2 Å². The van der Waals surface area contributed by atoms with Crippen LogP contribution in [-0.4, -0.2) is 40.8 Å². The second-order valence-corrected chi connectivity index (χ2v) is 12.4. The first-order chi connectivity index (χ1) is 15.4. The highest BCUT2D eigenvalue weighted by molar-refractivity contribution is 5.74. The summed E-state index contributed by atoms with van der Waals surface area (Å²) in [5.41, 5.74) is 1.06. The van der Waals surface area contributed by atoms with Gasteiger partial charge in [-0.3, -0.25) is 4.79 Å². The zero-order chi connectivity index (χ0) is 23.8. The number of rotatable bonds is 4. The van der Waals surface area contributed by atoms with Gasteiger partial charge in [0.15, 0.2) is 5.79 Å². The predicted octanol–water partition coefficient (Wildman–Crippen LogP) is 5.26. The van der Waals surface area contributed by atoms with E-state index in [1.165, 1.54) is 11.1 Å². The van der Waals surface area contributed by atoms with Crippen molar-refractivity contribution in [1.29, 1.82) is 0 Å². The van der Waals surface area contributed by atoms with Gasteiger partial charge in [-0.25, -0.2) is 0 Å². The van der Waals surface area contributed by atoms with Gasteiger partial charge < -0.3 is 19.7 Å². The molecule has 0 amide bonds. The predicted molar refractivity (Wildman–Crippen MR) is 126 cm³/mol. The van der Waals surface area contributed by atoms with Gasteiger partial charge in [-0.2, -0.15) is 0 Å². The molecule has 3 saturated carbocycles. The summed E-state index contributed by atoms with van der Waals surface area (Å²) in [6.45, 7) is 15.9. The topological polar surface area (TPSA) is 76.0 Å². The molecule has 6 atom stereocenters. The molecule has 4 aliphatic carbocycles. The van der Waals surface area contributed by atoms with Crippen LogP contribution in [0.5, 0.6) is 0 Å². The summed E-state index contributed by atoms with van der Waals surface area (Å²) in [5, 5.41) is 21.7. The van der Waals surface area contributed by atoms with Gasteiger partial charge in [0.05, 0.1) is 24.2 Å². The molecule has 33 heavy (non-hydrogen) atoms. The molecule has 4 fully saturated rings. The largest absolute Gasteiger partial charge is 0.481 e. The molecule has 5 nitrogen and oxygen atoms in total. The third kappa shape index (κ3) is 3.33. The Morgan fingerprint density at radius 2 is 1.91 bits per heavy atom. The number of ether oxygens (including phenoxy) is 2. The molecule has 0 aromatic carbocycles. The minimum Gasteiger partial charge on any atom is -0.481 e. The van der Waals surface area contributed by atoms with Crippen LogP contribution in [0.15, 0.2) is 36.0 Å². The summed E-state index contributed by atoms with van der Waals surface area (Å²) >= 11 is 0. The zero-order valence-corrected chi connectivity index (χ0v) is 20.5. The maximum atomic E-state index is 12.1. The van der Waals surface area contributed by atoms with Crippen LogP contribution in [0.2, 0.25) is 0 Å². The number of hydrogen-bond donors (Lipinski definition) is 2. The molecule has 1 spiro atoms. The first-order valence-corrected chi connectivity index (χ1v) is 12.7. The normalized spacial score (nSPS) is 41.8. The van der Waals surface area contributed by atoms with Crippen LogP contribution in [0.3, 0.4) is 0 Å². The molecule has 0 radical (unpaired) electrons. The van der Waals surface area contributed by atoms with Gasteiger partial charge in [0, 0.05) is 18.3 Å². The molecular formula is C28H40O5. The lowest BCUT2D eigenvalue weighted by atomic mass is 9.49. The number of carboxylic acid groups (broad SMARTS) is 1. The van der Waals surface area contributed by atoms with E-state index in [1.54, 1.807) is 13.8 Å². The first-order valence-electron chi connectivity index (χ1n) is 12.7. The molecule has 0 aromatic heterocycles. The summed E-state index contributed by atoms with van der Waals surface area (Å²) in [7, 11) is 0. The number of aliphatic hydroxyl groups is 1. The van der Waals surface area contributed by atoms with Crippen molar-refractivity contribution in [2.75, 3.05) is 13.2 Å². The highest BCUT2D eigenvalue weighted by atomic mass is 16.7. The molecule has 5 rings (SSSR count). The molecule has 1 heterocycles. The highest BCUT2D eigenvalue weighted by Crippen LogP contribution is 2.67. The zero-order valence-electron chi connectivity index (χ0n) is 20.5. The van der Waals surface area contributed by atoms with Crippen LogP contribution in [-0.2, 0) is 14.3 Å². The number of aliphatic carboxylic acids is 1. The number of hydrogen-bond acceptors (Lipinski definition) is 4. The second kappa shape index (κ2) is 7.53. The van der Waals surface area contributed by atoms with Crippen LogP contribution < -0.4 is 0 Å². The van der Waals surface area contributed by atoms with E-state index in [9.17, 15) is 15.0 Å². The van der Waals surface area contributed by atoms with Crippen molar-refractivity contribution in [2.45, 2.75) is 83.5 Å². The molecule has 5 aliphatic rings. The lowest BCUT2D eigenvalue weighted by molar-refractivity contribution is -0.175. The Balaban J connectivity index is 1.41. The van der Waals surface area contributed by atoms with Gasteiger partial charge in [-0.15, -0.1) is 0 Å². The van der Waals surface area contributed by atoms with Gasteiger partial charge >= 0.3 is 5.97 Å². The molecule has 5 heteroatoms. The Morgan fingerprint density at radius 3 is 2.58 bits per heavy atom. The van der Waals surface area contributed by atoms with E-state index < -0.39 is 22.8 Å². The molecule has 0 bridgehead atoms. The Morgan fingerprint density at radius 1 is 1.21 bits per heavy atom. The molecule has 0 aromatic rings. The third-order valence-corrected chi connectivity index (χ3v) is 10.1. The van der Waals surface area contributed by atoms with Crippen molar-refractivity contribution in [1.82, 2.24) is 0 Å². The van der Waals surface area contributed by atoms with Gasteiger partial charge in [0.25, 0.3) is 0 Å². The summed E-state index contributed by atoms with van der Waals surface area (Å²) in [6.07, 6.45) is 9.02. The van der Waals surface area contributed by atoms with Crippen LogP contribution in [0.25, 0.3) is 0 Å². The number of carboxylic acids is 1. The average molecular weight is 457 g/mol. The van der Waals surface area contributed by atoms with E-state index in [-0.39, 0.29) is 11.8 Å². The maximum Gasteiger partial charge on any atom is 0.309 e. The van der Waals surface area contributed by atoms with Crippen molar-refractivity contribution in [3.63, 3.8) is 0 Å². The molecule has 2 N–H and O–H groups in total. The van der Waals surface area contributed by atoms with Crippen LogP contribution in [0.1, 0.15) is 72.1 Å². The minimum atomic E-state index is -1.05. The van der Waals surface area contributed by atoms with Crippen LogP contribution in [0, 0.1) is 34.5 Å². The maximum absolute atomic E-state index is 12.1. The average Bonchev–Trinajstić information content (AvgIpc) is 3.30. The SMILES string of the molecule is C=C1C[C@@]2(C)[C@@H](CC[C@]2(O)C(=C)CC(C)(C)C(=O)O)[C@@H]2CC=C3CC4(CC[C@@H]3[C@@H]12)OCCO4. The molecule has 182 valence electrons. The second-order valence-electron chi connectivity index (χ2n) is 12.4. The molecular weight excluding hydrogens is 416 g/mol. The fourth-order valence-electron chi connectivity index (χ4n) is 8.37. The number of fused-ring (bicyclic) bond motifs is 5. The van der Waals surface area contributed by atoms with Crippen LogP contribution in [0.4, 0.5) is 0 Å². The summed E-state index contributed by atoms with van der Waals surface area (Å²) in [5.74, 6) is 0.557. The number of allylic oxidation sites excluding steroid dienone is 2. The lowest BCUT2D eigenvalue weighted by Crippen LogP contribution is -2.54. The van der Waals surface area contributed by atoms with Crippen molar-refractivity contribution in [3.05, 3.63) is 36.0 Å². The van der Waals surface area contributed by atoms with Crippen molar-refractivity contribution in [3.8, 4) is 0 Å². The van der Waals surface area contributed by atoms with Crippen molar-refractivity contribution < 1.29 is 24.5 Å². The fourth-order valence-corrected chi connectivity index (χ4v) is 8.37. The van der Waals surface area contributed by atoms with Gasteiger partial charge in [-0.1, -0.05) is 37.3 Å². The van der Waals surface area contributed by atoms with E-state index in [4.69, 9.17) is 9.47 Å². The summed E-state index contributed by atoms with van der Waals surface area (Å²) in [4.78, 5) is 11.7. The molecule has 1 aliphatic heterocycles. The smallest absolute Gasteiger partial charge is 0.309 e. The molecule has 1 saturated heterocycles. The fraction of sp³-hybridized carbons (Fsp3) is 0.750. The lowest BCUT2D eigenvalue weighted by Gasteiger charge is -2.57. The quantitative estimate of drug-likeness (QED) is 0.565. The van der Waals surface area contributed by atoms with Crippen molar-refractivity contribution in [2.24, 2.45) is 34.5 Å². The summed E-state index contributed by atoms with van der Waals surface area (Å²) < 4.78 is 12.0. The van der Waals surface area contributed by atoms with E-state index in [1.807, 2.05) is 0 Å². The Hall–Kier alpha value is -1.43. The Kier molecular flexibility index (Phi) is 5.32. The van der Waals surface area contributed by atoms with Gasteiger partial charge in [-0.05, 0) is 81.6 Å². The highest BCUT2D eigenvalue weighted by Gasteiger charge is 2.64.